The van der Waals surface area contributed by atoms with E-state index in [9.17, 15) is 9.59 Å². The normalized spacial score (nSPS) is 10.4. The third-order valence-corrected chi connectivity index (χ3v) is 3.23. The highest BCUT2D eigenvalue weighted by molar-refractivity contribution is 5.94. The molecule has 0 aliphatic heterocycles. The lowest BCUT2D eigenvalue weighted by Gasteiger charge is -2.24. The highest BCUT2D eigenvalue weighted by Crippen LogP contribution is 2.14. The average molecular weight is 308 g/mol. The maximum atomic E-state index is 12.6. The van der Waals surface area contributed by atoms with Crippen molar-refractivity contribution in [1.82, 2.24) is 9.80 Å². The standard InChI is InChI=1S/C16H24N2O4/c1-17(2)10-11-18(9-8-15(19)22-4)16(20)13-6-5-7-14(12-13)21-3/h5-7,12H,8-11H2,1-4H3. The second-order valence-electron chi connectivity index (χ2n) is 5.15. The molecular weight excluding hydrogens is 284 g/mol. The van der Waals surface area contributed by atoms with Crippen LogP contribution in [0.15, 0.2) is 24.3 Å². The van der Waals surface area contributed by atoms with Gasteiger partial charge in [-0.3, -0.25) is 9.59 Å². The maximum Gasteiger partial charge on any atom is 0.307 e. The number of ether oxygens (including phenoxy) is 2. The largest absolute Gasteiger partial charge is 0.497 e. The van der Waals surface area contributed by atoms with E-state index >= 15 is 0 Å². The van der Waals surface area contributed by atoms with E-state index in [1.165, 1.54) is 7.11 Å². The van der Waals surface area contributed by atoms with Gasteiger partial charge in [0.25, 0.3) is 5.91 Å². The van der Waals surface area contributed by atoms with Gasteiger partial charge >= 0.3 is 5.97 Å². The molecule has 1 amide bonds. The van der Waals surface area contributed by atoms with Crippen LogP contribution in [0.4, 0.5) is 0 Å². The van der Waals surface area contributed by atoms with Crippen molar-refractivity contribution in [3.05, 3.63) is 29.8 Å². The summed E-state index contributed by atoms with van der Waals surface area (Å²) in [6.07, 6.45) is 0.180. The number of benzene rings is 1. The van der Waals surface area contributed by atoms with Crippen molar-refractivity contribution < 1.29 is 19.1 Å². The zero-order chi connectivity index (χ0) is 16.5. The van der Waals surface area contributed by atoms with Crippen LogP contribution in [0.2, 0.25) is 0 Å². The van der Waals surface area contributed by atoms with Crippen LogP contribution in [0, 0.1) is 0 Å². The lowest BCUT2D eigenvalue weighted by atomic mass is 10.2. The van der Waals surface area contributed by atoms with Crippen LogP contribution < -0.4 is 4.74 Å². The molecule has 1 aromatic rings. The zero-order valence-electron chi connectivity index (χ0n) is 13.7. The number of carbonyl (C=O) groups is 2. The SMILES string of the molecule is COC(=O)CCN(CCN(C)C)C(=O)c1cccc(OC)c1. The molecule has 0 saturated heterocycles. The van der Waals surface area contributed by atoms with E-state index in [4.69, 9.17) is 4.74 Å². The summed E-state index contributed by atoms with van der Waals surface area (Å²) in [5.41, 5.74) is 0.544. The molecule has 1 aromatic carbocycles. The van der Waals surface area contributed by atoms with Crippen LogP contribution in [0.5, 0.6) is 5.75 Å². The quantitative estimate of drug-likeness (QED) is 0.677. The van der Waals surface area contributed by atoms with Crippen LogP contribution in [-0.4, -0.2) is 69.6 Å². The van der Waals surface area contributed by atoms with E-state index < -0.39 is 0 Å². The fraction of sp³-hybridized carbons (Fsp3) is 0.500. The first kappa shape index (κ1) is 18.0. The maximum absolute atomic E-state index is 12.6. The van der Waals surface area contributed by atoms with E-state index in [0.29, 0.717) is 24.4 Å². The van der Waals surface area contributed by atoms with E-state index in [-0.39, 0.29) is 18.3 Å². The summed E-state index contributed by atoms with van der Waals surface area (Å²) in [6, 6.07) is 7.00. The minimum Gasteiger partial charge on any atom is -0.497 e. The highest BCUT2D eigenvalue weighted by Gasteiger charge is 2.17. The fourth-order valence-corrected chi connectivity index (χ4v) is 1.90. The Morgan fingerprint density at radius 2 is 1.82 bits per heavy atom. The first-order chi connectivity index (χ1) is 10.5. The Kier molecular flexibility index (Phi) is 7.39. The number of carbonyl (C=O) groups excluding carboxylic acids is 2. The van der Waals surface area contributed by atoms with Gasteiger partial charge in [-0.05, 0) is 32.3 Å². The van der Waals surface area contributed by atoms with Crippen molar-refractivity contribution in [3.63, 3.8) is 0 Å². The molecule has 0 heterocycles. The van der Waals surface area contributed by atoms with Gasteiger partial charge in [0, 0.05) is 25.2 Å². The van der Waals surface area contributed by atoms with Gasteiger partial charge in [-0.25, -0.2) is 0 Å². The monoisotopic (exact) mass is 308 g/mol. The first-order valence-electron chi connectivity index (χ1n) is 7.12. The lowest BCUT2D eigenvalue weighted by Crippen LogP contribution is -2.38. The van der Waals surface area contributed by atoms with Crippen molar-refractivity contribution in [2.75, 3.05) is 47.9 Å². The predicted octanol–water partition coefficient (Wildman–Crippen LogP) is 1.26. The average Bonchev–Trinajstić information content (AvgIpc) is 2.53. The van der Waals surface area contributed by atoms with Crippen molar-refractivity contribution in [3.8, 4) is 5.75 Å². The minimum atomic E-state index is -0.326. The molecule has 0 fully saturated rings. The van der Waals surface area contributed by atoms with Gasteiger partial charge in [-0.1, -0.05) is 6.07 Å². The summed E-state index contributed by atoms with van der Waals surface area (Å²) in [5.74, 6) is 0.185. The van der Waals surface area contributed by atoms with Gasteiger partial charge in [-0.15, -0.1) is 0 Å². The molecule has 0 spiro atoms. The van der Waals surface area contributed by atoms with Crippen LogP contribution in [0.1, 0.15) is 16.8 Å². The first-order valence-corrected chi connectivity index (χ1v) is 7.12. The molecule has 6 heteroatoms. The summed E-state index contributed by atoms with van der Waals surface area (Å²) in [4.78, 5) is 27.6. The van der Waals surface area contributed by atoms with Crippen molar-refractivity contribution >= 4 is 11.9 Å². The summed E-state index contributed by atoms with van der Waals surface area (Å²) >= 11 is 0. The molecule has 0 radical (unpaired) electrons. The summed E-state index contributed by atoms with van der Waals surface area (Å²) < 4.78 is 9.79. The van der Waals surface area contributed by atoms with Crippen molar-refractivity contribution in [1.29, 1.82) is 0 Å². The topological polar surface area (TPSA) is 59.1 Å². The smallest absolute Gasteiger partial charge is 0.307 e. The van der Waals surface area contributed by atoms with Crippen LogP contribution >= 0.6 is 0 Å². The Morgan fingerprint density at radius 1 is 1.09 bits per heavy atom. The summed E-state index contributed by atoms with van der Waals surface area (Å²) in [6.45, 7) is 1.59. The molecule has 0 atom stereocenters. The second kappa shape index (κ2) is 9.04. The number of esters is 1. The Morgan fingerprint density at radius 3 is 2.41 bits per heavy atom. The van der Waals surface area contributed by atoms with Gasteiger partial charge in [-0.2, -0.15) is 0 Å². The number of methoxy groups -OCH3 is 2. The fourth-order valence-electron chi connectivity index (χ4n) is 1.90. The van der Waals surface area contributed by atoms with E-state index in [0.717, 1.165) is 6.54 Å². The molecule has 0 N–H and O–H groups in total. The van der Waals surface area contributed by atoms with Crippen LogP contribution in [0.25, 0.3) is 0 Å². The van der Waals surface area contributed by atoms with E-state index in [1.54, 1.807) is 36.3 Å². The van der Waals surface area contributed by atoms with Gasteiger partial charge in [0.05, 0.1) is 20.6 Å². The van der Waals surface area contributed by atoms with Gasteiger partial charge < -0.3 is 19.3 Å². The Hall–Kier alpha value is -2.08. The van der Waals surface area contributed by atoms with Crippen LogP contribution in [0.3, 0.4) is 0 Å². The van der Waals surface area contributed by atoms with Gasteiger partial charge in [0.1, 0.15) is 5.75 Å². The van der Waals surface area contributed by atoms with Gasteiger partial charge in [0.2, 0.25) is 0 Å². The minimum absolute atomic E-state index is 0.121. The third-order valence-electron chi connectivity index (χ3n) is 3.23. The van der Waals surface area contributed by atoms with Gasteiger partial charge in [0.15, 0.2) is 0 Å². The van der Waals surface area contributed by atoms with Crippen molar-refractivity contribution in [2.24, 2.45) is 0 Å². The number of rotatable bonds is 8. The molecule has 122 valence electrons. The molecule has 1 rings (SSSR count). The predicted molar refractivity (Wildman–Crippen MR) is 84.1 cm³/mol. The third kappa shape index (κ3) is 5.73. The molecule has 6 nitrogen and oxygen atoms in total. The number of hydrogen-bond donors (Lipinski definition) is 0. The van der Waals surface area contributed by atoms with E-state index in [2.05, 4.69) is 4.74 Å². The van der Waals surface area contributed by atoms with E-state index in [1.807, 2.05) is 19.0 Å². The second-order valence-corrected chi connectivity index (χ2v) is 5.15. The Balaban J connectivity index is 2.82. The molecule has 0 aliphatic carbocycles. The number of nitrogens with zero attached hydrogens (tertiary/aromatic N) is 2. The summed E-state index contributed by atoms with van der Waals surface area (Å²) in [7, 11) is 6.78. The molecule has 0 unspecified atom stereocenters. The Labute approximate surface area is 131 Å². The highest BCUT2D eigenvalue weighted by atomic mass is 16.5. The van der Waals surface area contributed by atoms with Crippen LogP contribution in [-0.2, 0) is 9.53 Å². The molecule has 0 aromatic heterocycles. The molecule has 22 heavy (non-hydrogen) atoms. The number of likely N-dealkylation sites (N-methyl/N-ethyl adjacent to an activating group) is 1. The summed E-state index contributed by atoms with van der Waals surface area (Å²) in [5, 5.41) is 0. The lowest BCUT2D eigenvalue weighted by molar-refractivity contribution is -0.140. The van der Waals surface area contributed by atoms with Crippen molar-refractivity contribution in [2.45, 2.75) is 6.42 Å². The Bertz CT molecular complexity index is 503. The zero-order valence-corrected chi connectivity index (χ0v) is 13.7. The number of amides is 1. The molecule has 0 aliphatic rings. The molecule has 0 bridgehead atoms. The molecular formula is C16H24N2O4. The molecule has 0 saturated carbocycles. The number of hydrogen-bond acceptors (Lipinski definition) is 5.